The number of piperidine rings is 1. The summed E-state index contributed by atoms with van der Waals surface area (Å²) in [5.41, 5.74) is 0.763. The zero-order chi connectivity index (χ0) is 15.1. The van der Waals surface area contributed by atoms with Crippen molar-refractivity contribution < 1.29 is 9.13 Å². The molecule has 3 nitrogen and oxygen atoms in total. The summed E-state index contributed by atoms with van der Waals surface area (Å²) in [5.74, 6) is -0.122. The van der Waals surface area contributed by atoms with E-state index in [-0.39, 0.29) is 11.9 Å². The fraction of sp³-hybridized carbons (Fsp3) is 0.647. The van der Waals surface area contributed by atoms with Crippen LogP contribution in [0, 0.1) is 5.82 Å². The van der Waals surface area contributed by atoms with E-state index >= 15 is 0 Å². The number of hydrogen-bond acceptors (Lipinski definition) is 3. The molecule has 4 heteroatoms. The van der Waals surface area contributed by atoms with Crippen LogP contribution in [0.25, 0.3) is 0 Å². The SMILES string of the molecule is CC(c1ccccc1F)N(C)CCCOC1CCNCC1. The molecule has 1 aliphatic rings. The lowest BCUT2D eigenvalue weighted by Gasteiger charge is -2.26. The molecule has 0 bridgehead atoms. The molecule has 0 spiro atoms. The van der Waals surface area contributed by atoms with Crippen molar-refractivity contribution in [2.75, 3.05) is 33.3 Å². The van der Waals surface area contributed by atoms with Gasteiger partial charge in [0.2, 0.25) is 0 Å². The average Bonchev–Trinajstić information content (AvgIpc) is 2.52. The molecule has 2 rings (SSSR count). The van der Waals surface area contributed by atoms with Crippen molar-refractivity contribution in [1.82, 2.24) is 10.2 Å². The second kappa shape index (κ2) is 8.47. The third kappa shape index (κ3) is 5.06. The number of rotatable bonds is 7. The highest BCUT2D eigenvalue weighted by molar-refractivity contribution is 5.20. The zero-order valence-electron chi connectivity index (χ0n) is 13.1. The molecule has 0 saturated carbocycles. The molecule has 118 valence electrons. The van der Waals surface area contributed by atoms with Crippen LogP contribution in [0.3, 0.4) is 0 Å². The maximum Gasteiger partial charge on any atom is 0.127 e. The molecule has 1 aliphatic heterocycles. The van der Waals surface area contributed by atoms with Crippen LogP contribution in [-0.4, -0.2) is 44.3 Å². The molecule has 1 atom stereocenters. The van der Waals surface area contributed by atoms with Crippen molar-refractivity contribution in [1.29, 1.82) is 0 Å². The predicted molar refractivity (Wildman–Crippen MR) is 83.9 cm³/mol. The number of benzene rings is 1. The minimum absolute atomic E-state index is 0.0880. The monoisotopic (exact) mass is 294 g/mol. The van der Waals surface area contributed by atoms with E-state index in [1.807, 2.05) is 26.1 Å². The Morgan fingerprint density at radius 3 is 2.76 bits per heavy atom. The van der Waals surface area contributed by atoms with Gasteiger partial charge in [0, 0.05) is 24.8 Å². The maximum atomic E-state index is 13.8. The summed E-state index contributed by atoms with van der Waals surface area (Å²) in [7, 11) is 2.04. The van der Waals surface area contributed by atoms with E-state index in [4.69, 9.17) is 4.74 Å². The third-order valence-electron chi connectivity index (χ3n) is 4.31. The number of hydrogen-bond donors (Lipinski definition) is 1. The molecular formula is C17H27FN2O. The molecule has 1 N–H and O–H groups in total. The summed E-state index contributed by atoms with van der Waals surface area (Å²) in [5, 5.41) is 3.34. The quantitative estimate of drug-likeness (QED) is 0.783. The lowest BCUT2D eigenvalue weighted by molar-refractivity contribution is 0.0274. The first-order valence-electron chi connectivity index (χ1n) is 7.95. The first-order chi connectivity index (χ1) is 10.2. The minimum Gasteiger partial charge on any atom is -0.378 e. The number of halogens is 1. The van der Waals surface area contributed by atoms with E-state index in [0.717, 1.165) is 51.1 Å². The maximum absolute atomic E-state index is 13.8. The van der Waals surface area contributed by atoms with Gasteiger partial charge in [0.15, 0.2) is 0 Å². The van der Waals surface area contributed by atoms with Crippen LogP contribution in [0.4, 0.5) is 4.39 Å². The zero-order valence-corrected chi connectivity index (χ0v) is 13.1. The summed E-state index contributed by atoms with van der Waals surface area (Å²) >= 11 is 0. The molecule has 1 aromatic carbocycles. The standard InChI is InChI=1S/C17H27FN2O/c1-14(16-6-3-4-7-17(16)18)20(2)12-5-13-21-15-8-10-19-11-9-15/h3-4,6-7,14-15,19H,5,8-13H2,1-2H3. The Hall–Kier alpha value is -0.970. The molecule has 1 heterocycles. The fourth-order valence-corrected chi connectivity index (χ4v) is 2.77. The summed E-state index contributed by atoms with van der Waals surface area (Å²) in [6.07, 6.45) is 3.63. The van der Waals surface area contributed by atoms with Crippen LogP contribution >= 0.6 is 0 Å². The lowest BCUT2D eigenvalue weighted by Crippen LogP contribution is -2.33. The van der Waals surface area contributed by atoms with Crippen molar-refractivity contribution >= 4 is 0 Å². The molecular weight excluding hydrogens is 267 g/mol. The molecule has 0 aliphatic carbocycles. The molecule has 0 amide bonds. The summed E-state index contributed by atoms with van der Waals surface area (Å²) in [4.78, 5) is 2.18. The van der Waals surface area contributed by atoms with Gasteiger partial charge in [-0.25, -0.2) is 4.39 Å². The molecule has 1 aromatic rings. The van der Waals surface area contributed by atoms with Crippen molar-refractivity contribution in [2.24, 2.45) is 0 Å². The Kier molecular flexibility index (Phi) is 6.61. The largest absolute Gasteiger partial charge is 0.378 e. The highest BCUT2D eigenvalue weighted by atomic mass is 19.1. The predicted octanol–water partition coefficient (Wildman–Crippen LogP) is 2.98. The Labute approximate surface area is 127 Å². The summed E-state index contributed by atoms with van der Waals surface area (Å²) < 4.78 is 19.7. The van der Waals surface area contributed by atoms with Crippen molar-refractivity contribution in [3.05, 3.63) is 35.6 Å². The van der Waals surface area contributed by atoms with E-state index in [1.54, 1.807) is 6.07 Å². The van der Waals surface area contributed by atoms with E-state index < -0.39 is 0 Å². The number of nitrogens with one attached hydrogen (secondary N) is 1. The smallest absolute Gasteiger partial charge is 0.127 e. The summed E-state index contributed by atoms with van der Waals surface area (Å²) in [6.45, 7) is 5.88. The van der Waals surface area contributed by atoms with Crippen LogP contribution in [0.1, 0.15) is 37.8 Å². The van der Waals surface area contributed by atoms with Crippen LogP contribution in [0.2, 0.25) is 0 Å². The molecule has 1 fully saturated rings. The van der Waals surface area contributed by atoms with Gasteiger partial charge in [-0.15, -0.1) is 0 Å². The number of nitrogens with zero attached hydrogens (tertiary/aromatic N) is 1. The van der Waals surface area contributed by atoms with E-state index in [0.29, 0.717) is 6.10 Å². The van der Waals surface area contributed by atoms with Gasteiger partial charge < -0.3 is 10.1 Å². The van der Waals surface area contributed by atoms with Gasteiger partial charge in [0.05, 0.1) is 6.10 Å². The normalized spacial score (nSPS) is 18.1. The fourth-order valence-electron chi connectivity index (χ4n) is 2.77. The number of ether oxygens (including phenoxy) is 1. The molecule has 0 radical (unpaired) electrons. The van der Waals surface area contributed by atoms with Crippen LogP contribution in [-0.2, 0) is 4.74 Å². The average molecular weight is 294 g/mol. The molecule has 1 saturated heterocycles. The van der Waals surface area contributed by atoms with Crippen LogP contribution in [0.5, 0.6) is 0 Å². The minimum atomic E-state index is -0.122. The second-order valence-corrected chi connectivity index (χ2v) is 5.85. The van der Waals surface area contributed by atoms with E-state index in [1.165, 1.54) is 6.07 Å². The Morgan fingerprint density at radius 1 is 1.33 bits per heavy atom. The highest BCUT2D eigenvalue weighted by Gasteiger charge is 2.16. The summed E-state index contributed by atoms with van der Waals surface area (Å²) in [6, 6.07) is 7.11. The van der Waals surface area contributed by atoms with Gasteiger partial charge in [0.1, 0.15) is 5.82 Å². The van der Waals surface area contributed by atoms with Crippen molar-refractivity contribution in [3.63, 3.8) is 0 Å². The molecule has 0 aromatic heterocycles. The van der Waals surface area contributed by atoms with Crippen molar-refractivity contribution in [3.8, 4) is 0 Å². The van der Waals surface area contributed by atoms with E-state index in [9.17, 15) is 4.39 Å². The van der Waals surface area contributed by atoms with Crippen molar-refractivity contribution in [2.45, 2.75) is 38.3 Å². The van der Waals surface area contributed by atoms with Gasteiger partial charge >= 0.3 is 0 Å². The second-order valence-electron chi connectivity index (χ2n) is 5.85. The highest BCUT2D eigenvalue weighted by Crippen LogP contribution is 2.21. The molecule has 21 heavy (non-hydrogen) atoms. The van der Waals surface area contributed by atoms with Gasteiger partial charge in [-0.3, -0.25) is 4.90 Å². The van der Waals surface area contributed by atoms with Crippen LogP contribution < -0.4 is 5.32 Å². The molecule has 1 unspecified atom stereocenters. The Balaban J connectivity index is 1.69. The van der Waals surface area contributed by atoms with Gasteiger partial charge in [-0.1, -0.05) is 18.2 Å². The lowest BCUT2D eigenvalue weighted by atomic mass is 10.1. The van der Waals surface area contributed by atoms with Gasteiger partial charge in [-0.05, 0) is 52.4 Å². The Morgan fingerprint density at radius 2 is 2.05 bits per heavy atom. The first-order valence-corrected chi connectivity index (χ1v) is 7.95. The van der Waals surface area contributed by atoms with E-state index in [2.05, 4.69) is 10.2 Å². The topological polar surface area (TPSA) is 24.5 Å². The first kappa shape index (κ1) is 16.4. The van der Waals surface area contributed by atoms with Crippen LogP contribution in [0.15, 0.2) is 24.3 Å². The Bertz CT molecular complexity index is 421. The van der Waals surface area contributed by atoms with Gasteiger partial charge in [-0.2, -0.15) is 0 Å². The van der Waals surface area contributed by atoms with Gasteiger partial charge in [0.25, 0.3) is 0 Å². The third-order valence-corrected chi connectivity index (χ3v) is 4.31.